The molecule has 0 saturated carbocycles. The van der Waals surface area contributed by atoms with Crippen molar-refractivity contribution in [1.82, 2.24) is 15.2 Å². The highest BCUT2D eigenvalue weighted by molar-refractivity contribution is 5.88. The van der Waals surface area contributed by atoms with Crippen LogP contribution in [0.3, 0.4) is 0 Å². The lowest BCUT2D eigenvalue weighted by atomic mass is 9.75. The Morgan fingerprint density at radius 2 is 1.84 bits per heavy atom. The second kappa shape index (κ2) is 9.75. The van der Waals surface area contributed by atoms with Crippen LogP contribution in [0.25, 0.3) is 0 Å². The molecule has 3 aromatic rings. The van der Waals surface area contributed by atoms with Crippen molar-refractivity contribution in [3.63, 3.8) is 0 Å². The molecular formula is C26H29N3O2. The number of carbonyl (C=O) groups excluding carboxylic acids is 1. The molecule has 1 aromatic heterocycles. The number of piperidine rings is 1. The molecule has 5 heteroatoms. The van der Waals surface area contributed by atoms with Crippen LogP contribution in [0, 0.1) is 0 Å². The molecule has 0 aliphatic carbocycles. The summed E-state index contributed by atoms with van der Waals surface area (Å²) in [5, 5.41) is 2.88. The van der Waals surface area contributed by atoms with Crippen molar-refractivity contribution in [1.29, 1.82) is 0 Å². The number of hydrogen-bond donors (Lipinski definition) is 1. The van der Waals surface area contributed by atoms with Crippen LogP contribution in [0.5, 0.6) is 5.75 Å². The minimum Gasteiger partial charge on any atom is -0.489 e. The molecule has 1 atom stereocenters. The molecule has 160 valence electrons. The third-order valence-electron chi connectivity index (χ3n) is 5.99. The van der Waals surface area contributed by atoms with Gasteiger partial charge in [-0.25, -0.2) is 0 Å². The molecule has 1 aliphatic rings. The van der Waals surface area contributed by atoms with E-state index in [4.69, 9.17) is 4.74 Å². The molecule has 5 nitrogen and oxygen atoms in total. The molecule has 0 unspecified atom stereocenters. The van der Waals surface area contributed by atoms with E-state index in [0.717, 1.165) is 48.5 Å². The molecule has 2 aromatic carbocycles. The van der Waals surface area contributed by atoms with Gasteiger partial charge in [0.15, 0.2) is 0 Å². The van der Waals surface area contributed by atoms with Gasteiger partial charge in [-0.1, -0.05) is 54.6 Å². The molecular weight excluding hydrogens is 386 g/mol. The van der Waals surface area contributed by atoms with E-state index in [9.17, 15) is 4.79 Å². The number of likely N-dealkylation sites (N-methyl/N-ethyl adjacent to an activating group) is 1. The van der Waals surface area contributed by atoms with Crippen LogP contribution in [0.1, 0.15) is 29.7 Å². The summed E-state index contributed by atoms with van der Waals surface area (Å²) in [6, 6.07) is 24.2. The number of pyridine rings is 1. The Hall–Kier alpha value is -3.18. The summed E-state index contributed by atoms with van der Waals surface area (Å²) in [6.45, 7) is 2.85. The fraction of sp³-hybridized carbons (Fsp3) is 0.308. The lowest BCUT2D eigenvalue weighted by Gasteiger charge is -2.41. The van der Waals surface area contributed by atoms with Gasteiger partial charge in [-0.3, -0.25) is 14.7 Å². The van der Waals surface area contributed by atoms with Crippen LogP contribution in [-0.4, -0.2) is 35.9 Å². The van der Waals surface area contributed by atoms with E-state index >= 15 is 0 Å². The molecule has 1 aliphatic heterocycles. The standard InChI is InChI=1S/C26H29N3O2/c1-27-25(30)26(24-14-7-8-16-28-24)15-9-17-29(20-26)18-22-12-5-6-13-23(22)31-19-21-10-3-2-4-11-21/h2-8,10-14,16H,9,15,17-20H2,1H3,(H,27,30)/t26-/m0/s1. The Labute approximate surface area is 184 Å². The minimum absolute atomic E-state index is 0.0320. The van der Waals surface area contributed by atoms with Gasteiger partial charge in [0, 0.05) is 31.9 Å². The number of para-hydroxylation sites is 1. The Balaban J connectivity index is 1.52. The second-order valence-corrected chi connectivity index (χ2v) is 8.07. The normalized spacial score (nSPS) is 19.0. The van der Waals surface area contributed by atoms with E-state index in [1.165, 1.54) is 0 Å². The van der Waals surface area contributed by atoms with Crippen molar-refractivity contribution in [2.45, 2.75) is 31.4 Å². The van der Waals surface area contributed by atoms with Crippen molar-refractivity contribution < 1.29 is 9.53 Å². The first-order valence-corrected chi connectivity index (χ1v) is 10.8. The van der Waals surface area contributed by atoms with Gasteiger partial charge in [0.2, 0.25) is 5.91 Å². The number of likely N-dealkylation sites (tertiary alicyclic amines) is 1. The van der Waals surface area contributed by atoms with Gasteiger partial charge >= 0.3 is 0 Å². The molecule has 1 fully saturated rings. The Kier molecular flexibility index (Phi) is 6.63. The van der Waals surface area contributed by atoms with Gasteiger partial charge < -0.3 is 10.1 Å². The highest BCUT2D eigenvalue weighted by Gasteiger charge is 2.44. The Morgan fingerprint density at radius 3 is 2.61 bits per heavy atom. The van der Waals surface area contributed by atoms with E-state index in [0.29, 0.717) is 13.2 Å². The summed E-state index contributed by atoms with van der Waals surface area (Å²) in [5.41, 5.74) is 2.48. The molecule has 1 N–H and O–H groups in total. The minimum atomic E-state index is -0.631. The van der Waals surface area contributed by atoms with E-state index in [1.54, 1.807) is 13.2 Å². The summed E-state index contributed by atoms with van der Waals surface area (Å²) in [5.74, 6) is 0.921. The predicted octanol–water partition coefficient (Wildman–Crippen LogP) is 3.94. The number of benzene rings is 2. The van der Waals surface area contributed by atoms with E-state index in [1.807, 2.05) is 54.6 Å². The van der Waals surface area contributed by atoms with E-state index in [-0.39, 0.29) is 5.91 Å². The topological polar surface area (TPSA) is 54.5 Å². The third kappa shape index (κ3) is 4.78. The van der Waals surface area contributed by atoms with Crippen LogP contribution >= 0.6 is 0 Å². The zero-order valence-corrected chi connectivity index (χ0v) is 18.0. The number of nitrogens with zero attached hydrogens (tertiary/aromatic N) is 2. The number of nitrogens with one attached hydrogen (secondary N) is 1. The van der Waals surface area contributed by atoms with Crippen LogP contribution in [0.15, 0.2) is 79.0 Å². The Bertz CT molecular complexity index is 994. The molecule has 0 radical (unpaired) electrons. The summed E-state index contributed by atoms with van der Waals surface area (Å²) in [6.07, 6.45) is 3.51. The second-order valence-electron chi connectivity index (χ2n) is 8.07. The van der Waals surface area contributed by atoms with Gasteiger partial charge in [0.1, 0.15) is 17.8 Å². The fourth-order valence-corrected chi connectivity index (χ4v) is 4.43. The van der Waals surface area contributed by atoms with Crippen molar-refractivity contribution >= 4 is 5.91 Å². The molecule has 1 amide bonds. The van der Waals surface area contributed by atoms with E-state index < -0.39 is 5.41 Å². The van der Waals surface area contributed by atoms with Crippen LogP contribution in [0.4, 0.5) is 0 Å². The summed E-state index contributed by atoms with van der Waals surface area (Å²) < 4.78 is 6.15. The average molecular weight is 416 g/mol. The number of hydrogen-bond acceptors (Lipinski definition) is 4. The first kappa shape index (κ1) is 21.1. The van der Waals surface area contributed by atoms with Gasteiger partial charge in [0.25, 0.3) is 0 Å². The van der Waals surface area contributed by atoms with Gasteiger partial charge in [-0.05, 0) is 43.1 Å². The number of rotatable bonds is 7. The largest absolute Gasteiger partial charge is 0.489 e. The third-order valence-corrected chi connectivity index (χ3v) is 5.99. The summed E-state index contributed by atoms with van der Waals surface area (Å²) in [7, 11) is 1.71. The first-order valence-electron chi connectivity index (χ1n) is 10.8. The zero-order chi connectivity index (χ0) is 21.5. The van der Waals surface area contributed by atoms with E-state index in [2.05, 4.69) is 33.4 Å². The Morgan fingerprint density at radius 1 is 1.06 bits per heavy atom. The van der Waals surface area contributed by atoms with Gasteiger partial charge in [-0.2, -0.15) is 0 Å². The van der Waals surface area contributed by atoms with Crippen LogP contribution in [-0.2, 0) is 23.4 Å². The highest BCUT2D eigenvalue weighted by atomic mass is 16.5. The highest BCUT2D eigenvalue weighted by Crippen LogP contribution is 2.34. The molecule has 1 saturated heterocycles. The van der Waals surface area contributed by atoms with Crippen molar-refractivity contribution in [3.05, 3.63) is 95.8 Å². The zero-order valence-electron chi connectivity index (χ0n) is 18.0. The lowest BCUT2D eigenvalue weighted by Crippen LogP contribution is -2.54. The molecule has 4 rings (SSSR count). The maximum absolute atomic E-state index is 13.0. The molecule has 2 heterocycles. The van der Waals surface area contributed by atoms with Crippen LogP contribution < -0.4 is 10.1 Å². The fourth-order valence-electron chi connectivity index (χ4n) is 4.43. The maximum atomic E-state index is 13.0. The molecule has 31 heavy (non-hydrogen) atoms. The van der Waals surface area contributed by atoms with Crippen molar-refractivity contribution in [2.75, 3.05) is 20.1 Å². The summed E-state index contributed by atoms with van der Waals surface area (Å²) >= 11 is 0. The van der Waals surface area contributed by atoms with Crippen LogP contribution in [0.2, 0.25) is 0 Å². The number of ether oxygens (including phenoxy) is 1. The molecule has 0 bridgehead atoms. The SMILES string of the molecule is CNC(=O)[C@@]1(c2ccccn2)CCCN(Cc2ccccc2OCc2ccccc2)C1. The van der Waals surface area contributed by atoms with Crippen molar-refractivity contribution in [2.24, 2.45) is 0 Å². The van der Waals surface area contributed by atoms with Gasteiger partial charge in [-0.15, -0.1) is 0 Å². The van der Waals surface area contributed by atoms with Crippen molar-refractivity contribution in [3.8, 4) is 5.75 Å². The summed E-state index contributed by atoms with van der Waals surface area (Å²) in [4.78, 5) is 19.9. The number of amides is 1. The maximum Gasteiger partial charge on any atom is 0.233 e. The van der Waals surface area contributed by atoms with Gasteiger partial charge in [0.05, 0.1) is 5.69 Å². The monoisotopic (exact) mass is 415 g/mol. The quantitative estimate of drug-likeness (QED) is 0.635. The number of carbonyl (C=O) groups is 1. The lowest BCUT2D eigenvalue weighted by molar-refractivity contribution is -0.128. The predicted molar refractivity (Wildman–Crippen MR) is 122 cm³/mol. The average Bonchev–Trinajstić information content (AvgIpc) is 2.84. The first-order chi connectivity index (χ1) is 15.2. The smallest absolute Gasteiger partial charge is 0.233 e. The number of aromatic nitrogens is 1. The molecule has 0 spiro atoms.